The van der Waals surface area contributed by atoms with Gasteiger partial charge in [-0.05, 0) is 45.2 Å². The summed E-state index contributed by atoms with van der Waals surface area (Å²) >= 11 is 0. The molecule has 1 aliphatic carbocycles. The lowest BCUT2D eigenvalue weighted by Crippen LogP contribution is -2.41. The summed E-state index contributed by atoms with van der Waals surface area (Å²) in [6.45, 7) is 7.95. The van der Waals surface area contributed by atoms with Gasteiger partial charge in [0.2, 0.25) is 5.91 Å². The number of nitrogens with one attached hydrogen (secondary N) is 3. The molecule has 0 bridgehead atoms. The predicted octanol–water partition coefficient (Wildman–Crippen LogP) is 3.38. The lowest BCUT2D eigenvalue weighted by atomic mass is 10.2. The fraction of sp³-hybridized carbons (Fsp3) is 0.619. The molecule has 0 aromatic heterocycles. The highest BCUT2D eigenvalue weighted by molar-refractivity contribution is 14.0. The third-order valence-corrected chi connectivity index (χ3v) is 4.64. The number of rotatable bonds is 9. The molecule has 1 aromatic carbocycles. The minimum absolute atomic E-state index is 0. The molecule has 0 aliphatic heterocycles. The minimum atomic E-state index is -0.0350. The number of para-hydroxylation sites is 1. The smallest absolute Gasteiger partial charge is 0.221 e. The first kappa shape index (κ1) is 24.5. The van der Waals surface area contributed by atoms with Gasteiger partial charge in [0, 0.05) is 25.6 Å². The van der Waals surface area contributed by atoms with Crippen LogP contribution in [-0.2, 0) is 4.79 Å². The molecule has 1 saturated carbocycles. The molecule has 0 spiro atoms. The van der Waals surface area contributed by atoms with E-state index in [1.807, 2.05) is 45.0 Å². The fourth-order valence-electron chi connectivity index (χ4n) is 3.17. The average molecular weight is 502 g/mol. The van der Waals surface area contributed by atoms with E-state index in [1.165, 1.54) is 12.8 Å². The van der Waals surface area contributed by atoms with Gasteiger partial charge in [-0.25, -0.2) is 4.99 Å². The van der Waals surface area contributed by atoms with Crippen molar-refractivity contribution in [3.63, 3.8) is 0 Å². The van der Waals surface area contributed by atoms with Gasteiger partial charge in [-0.2, -0.15) is 0 Å². The predicted molar refractivity (Wildman–Crippen MR) is 126 cm³/mol. The Bertz CT molecular complexity index is 618. The number of aliphatic imine (C=N–C) groups is 1. The summed E-state index contributed by atoms with van der Waals surface area (Å²) in [7, 11) is 0. The summed E-state index contributed by atoms with van der Waals surface area (Å²) in [5, 5.41) is 9.55. The number of carbonyl (C=O) groups is 1. The fourth-order valence-corrected chi connectivity index (χ4v) is 3.17. The third-order valence-electron chi connectivity index (χ3n) is 4.64. The van der Waals surface area contributed by atoms with E-state index < -0.39 is 0 Å². The van der Waals surface area contributed by atoms with Crippen LogP contribution in [0.1, 0.15) is 51.5 Å². The van der Waals surface area contributed by atoms with Crippen LogP contribution in [-0.4, -0.2) is 43.6 Å². The molecule has 7 heteroatoms. The van der Waals surface area contributed by atoms with Crippen molar-refractivity contribution in [2.24, 2.45) is 4.99 Å². The summed E-state index contributed by atoms with van der Waals surface area (Å²) in [6.07, 6.45) is 5.10. The van der Waals surface area contributed by atoms with Gasteiger partial charge < -0.3 is 20.7 Å². The van der Waals surface area contributed by atoms with Crippen molar-refractivity contribution in [3.8, 4) is 5.75 Å². The zero-order chi connectivity index (χ0) is 19.5. The molecular weight excluding hydrogens is 467 g/mol. The summed E-state index contributed by atoms with van der Waals surface area (Å²) in [6, 6.07) is 8.36. The van der Waals surface area contributed by atoms with Crippen LogP contribution < -0.4 is 20.7 Å². The summed E-state index contributed by atoms with van der Waals surface area (Å²) in [4.78, 5) is 16.6. The number of halogens is 1. The molecule has 158 valence electrons. The van der Waals surface area contributed by atoms with Crippen molar-refractivity contribution in [1.82, 2.24) is 16.0 Å². The molecule has 0 radical (unpaired) electrons. The second kappa shape index (κ2) is 13.6. The maximum Gasteiger partial charge on any atom is 0.221 e. The lowest BCUT2D eigenvalue weighted by Gasteiger charge is -2.16. The van der Waals surface area contributed by atoms with E-state index in [4.69, 9.17) is 4.74 Å². The van der Waals surface area contributed by atoms with E-state index >= 15 is 0 Å². The van der Waals surface area contributed by atoms with E-state index in [0.29, 0.717) is 31.5 Å². The number of aryl methyl sites for hydroxylation is 1. The van der Waals surface area contributed by atoms with Crippen molar-refractivity contribution in [1.29, 1.82) is 0 Å². The average Bonchev–Trinajstić information content (AvgIpc) is 3.14. The van der Waals surface area contributed by atoms with Gasteiger partial charge in [-0.15, -0.1) is 24.0 Å². The van der Waals surface area contributed by atoms with Crippen LogP contribution in [0, 0.1) is 6.92 Å². The number of guanidine groups is 1. The molecule has 28 heavy (non-hydrogen) atoms. The van der Waals surface area contributed by atoms with Crippen LogP contribution in [0.4, 0.5) is 0 Å². The number of benzene rings is 1. The van der Waals surface area contributed by atoms with Crippen LogP contribution in [0.5, 0.6) is 5.75 Å². The Kier molecular flexibility index (Phi) is 11.9. The number of nitrogens with zero attached hydrogens (tertiary/aromatic N) is 1. The minimum Gasteiger partial charge on any atom is -0.489 e. The molecule has 1 fully saturated rings. The molecule has 1 amide bonds. The van der Waals surface area contributed by atoms with Crippen LogP contribution in [0.3, 0.4) is 0 Å². The van der Waals surface area contributed by atoms with Crippen LogP contribution in [0.2, 0.25) is 0 Å². The van der Waals surface area contributed by atoms with E-state index in [2.05, 4.69) is 20.9 Å². The molecule has 0 saturated heterocycles. The number of amides is 1. The van der Waals surface area contributed by atoms with E-state index in [-0.39, 0.29) is 36.0 Å². The lowest BCUT2D eigenvalue weighted by molar-refractivity contribution is -0.121. The molecule has 1 aromatic rings. The quantitative estimate of drug-likeness (QED) is 0.275. The maximum atomic E-state index is 12.0. The SMILES string of the molecule is CCNC(=NCC(C)Oc1ccccc1C)NCCC(=O)NC1CCCC1.I. The monoisotopic (exact) mass is 502 g/mol. The molecule has 0 heterocycles. The number of ether oxygens (including phenoxy) is 1. The van der Waals surface area contributed by atoms with E-state index in [9.17, 15) is 4.79 Å². The highest BCUT2D eigenvalue weighted by Gasteiger charge is 2.16. The zero-order valence-corrected chi connectivity index (χ0v) is 19.6. The first-order valence-electron chi connectivity index (χ1n) is 10.1. The molecule has 1 aliphatic rings. The molecule has 1 atom stereocenters. The second-order valence-corrected chi connectivity index (χ2v) is 7.14. The van der Waals surface area contributed by atoms with Gasteiger partial charge in [0.25, 0.3) is 0 Å². The standard InChI is InChI=1S/C21H34N4O2.HI/c1-4-22-21(23-14-13-20(26)25-18-10-6-7-11-18)24-15-17(3)27-19-12-8-5-9-16(19)2;/h5,8-9,12,17-18H,4,6-7,10-11,13-15H2,1-3H3,(H,25,26)(H2,22,23,24);1H. The van der Waals surface area contributed by atoms with Crippen LogP contribution in [0.15, 0.2) is 29.3 Å². The van der Waals surface area contributed by atoms with Gasteiger partial charge in [0.1, 0.15) is 11.9 Å². The van der Waals surface area contributed by atoms with Gasteiger partial charge in [0.15, 0.2) is 5.96 Å². The summed E-state index contributed by atoms with van der Waals surface area (Å²) in [5.74, 6) is 1.72. The van der Waals surface area contributed by atoms with Crippen LogP contribution in [0.25, 0.3) is 0 Å². The van der Waals surface area contributed by atoms with Gasteiger partial charge in [-0.3, -0.25) is 4.79 Å². The second-order valence-electron chi connectivity index (χ2n) is 7.14. The van der Waals surface area contributed by atoms with Crippen molar-refractivity contribution in [2.75, 3.05) is 19.6 Å². The summed E-state index contributed by atoms with van der Waals surface area (Å²) < 4.78 is 5.96. The highest BCUT2D eigenvalue weighted by atomic mass is 127. The number of hydrogen-bond donors (Lipinski definition) is 3. The molecule has 1 unspecified atom stereocenters. The first-order valence-corrected chi connectivity index (χ1v) is 10.1. The van der Waals surface area contributed by atoms with Crippen molar-refractivity contribution >= 4 is 35.8 Å². The first-order chi connectivity index (χ1) is 13.1. The Labute approximate surface area is 186 Å². The maximum absolute atomic E-state index is 12.0. The molecule has 6 nitrogen and oxygen atoms in total. The molecule has 2 rings (SSSR count). The Balaban J connectivity index is 0.00000392. The largest absolute Gasteiger partial charge is 0.489 e. The molecular formula is C21H35IN4O2. The zero-order valence-electron chi connectivity index (χ0n) is 17.3. The third kappa shape index (κ3) is 9.12. The van der Waals surface area contributed by atoms with Crippen LogP contribution >= 0.6 is 24.0 Å². The van der Waals surface area contributed by atoms with Crippen molar-refractivity contribution < 1.29 is 9.53 Å². The number of carbonyl (C=O) groups excluding carboxylic acids is 1. The van der Waals surface area contributed by atoms with Gasteiger partial charge >= 0.3 is 0 Å². The number of hydrogen-bond acceptors (Lipinski definition) is 3. The highest BCUT2D eigenvalue weighted by Crippen LogP contribution is 2.18. The van der Waals surface area contributed by atoms with Gasteiger partial charge in [-0.1, -0.05) is 31.0 Å². The summed E-state index contributed by atoms with van der Waals surface area (Å²) in [5.41, 5.74) is 1.12. The van der Waals surface area contributed by atoms with Crippen molar-refractivity contribution in [2.45, 2.75) is 65.0 Å². The Hall–Kier alpha value is -1.51. The Morgan fingerprint density at radius 3 is 2.64 bits per heavy atom. The topological polar surface area (TPSA) is 74.8 Å². The normalized spacial score (nSPS) is 15.5. The van der Waals surface area contributed by atoms with E-state index in [0.717, 1.165) is 30.7 Å². The van der Waals surface area contributed by atoms with E-state index in [1.54, 1.807) is 0 Å². The Morgan fingerprint density at radius 1 is 1.25 bits per heavy atom. The Morgan fingerprint density at radius 2 is 1.96 bits per heavy atom. The van der Waals surface area contributed by atoms with Gasteiger partial charge in [0.05, 0.1) is 6.54 Å². The van der Waals surface area contributed by atoms with Crippen molar-refractivity contribution in [3.05, 3.63) is 29.8 Å². The molecule has 3 N–H and O–H groups in total.